The van der Waals surface area contributed by atoms with E-state index in [2.05, 4.69) is 22.2 Å². The third-order valence-corrected chi connectivity index (χ3v) is 3.96. The molecule has 2 heterocycles. The highest BCUT2D eigenvalue weighted by Crippen LogP contribution is 2.36. The van der Waals surface area contributed by atoms with E-state index in [1.54, 1.807) is 4.68 Å². The molecule has 0 amide bonds. The number of nitrogens with zero attached hydrogens (tertiary/aromatic N) is 4. The summed E-state index contributed by atoms with van der Waals surface area (Å²) in [5, 5.41) is 8.26. The molecule has 0 atom stereocenters. The number of rotatable bonds is 2. The van der Waals surface area contributed by atoms with Crippen LogP contribution in [0.25, 0.3) is 11.5 Å². The van der Waals surface area contributed by atoms with Crippen molar-refractivity contribution >= 4 is 0 Å². The van der Waals surface area contributed by atoms with E-state index in [1.807, 2.05) is 19.3 Å². The van der Waals surface area contributed by atoms with E-state index in [0.29, 0.717) is 17.4 Å². The maximum Gasteiger partial charge on any atom is 0.247 e. The van der Waals surface area contributed by atoms with Gasteiger partial charge < -0.3 is 10.3 Å². The van der Waals surface area contributed by atoms with Gasteiger partial charge in [-0.3, -0.25) is 4.68 Å². The minimum absolute atomic E-state index is 0.466. The van der Waals surface area contributed by atoms with Gasteiger partial charge in [-0.2, -0.15) is 10.1 Å². The summed E-state index contributed by atoms with van der Waals surface area (Å²) in [6.07, 6.45) is 5.87. The van der Waals surface area contributed by atoms with Gasteiger partial charge in [-0.05, 0) is 37.7 Å². The van der Waals surface area contributed by atoms with Crippen molar-refractivity contribution in [3.63, 3.8) is 0 Å². The van der Waals surface area contributed by atoms with Gasteiger partial charge in [0.05, 0.1) is 5.54 Å². The Balaban J connectivity index is 1.85. The van der Waals surface area contributed by atoms with E-state index in [4.69, 9.17) is 10.3 Å². The Morgan fingerprint density at radius 1 is 1.42 bits per heavy atom. The molecule has 6 nitrogen and oxygen atoms in total. The summed E-state index contributed by atoms with van der Waals surface area (Å²) in [6.45, 7) is 2.26. The molecule has 2 aromatic rings. The zero-order valence-corrected chi connectivity index (χ0v) is 11.3. The fraction of sp³-hybridized carbons (Fsp3) is 0.615. The molecular weight excluding hydrogens is 242 g/mol. The monoisotopic (exact) mass is 261 g/mol. The number of nitrogens with two attached hydrogens (primary N) is 1. The van der Waals surface area contributed by atoms with Gasteiger partial charge in [0, 0.05) is 13.2 Å². The van der Waals surface area contributed by atoms with Crippen LogP contribution in [-0.2, 0) is 12.6 Å². The van der Waals surface area contributed by atoms with Crippen LogP contribution in [0.2, 0.25) is 0 Å². The van der Waals surface area contributed by atoms with E-state index < -0.39 is 5.54 Å². The second kappa shape index (κ2) is 4.45. The second-order valence-corrected chi connectivity index (χ2v) is 5.64. The summed E-state index contributed by atoms with van der Waals surface area (Å²) >= 11 is 0. The smallest absolute Gasteiger partial charge is 0.247 e. The average Bonchev–Trinajstić information content (AvgIpc) is 3.02. The third kappa shape index (κ3) is 2.28. The van der Waals surface area contributed by atoms with Crippen molar-refractivity contribution in [2.45, 2.75) is 38.1 Å². The first-order chi connectivity index (χ1) is 9.07. The molecule has 1 aliphatic carbocycles. The van der Waals surface area contributed by atoms with Gasteiger partial charge in [0.25, 0.3) is 0 Å². The maximum atomic E-state index is 6.42. The molecule has 1 aliphatic rings. The summed E-state index contributed by atoms with van der Waals surface area (Å²) in [6, 6.07) is 1.86. The quantitative estimate of drug-likeness (QED) is 0.891. The number of aryl methyl sites for hydroxylation is 1. The Bertz CT molecular complexity index is 565. The summed E-state index contributed by atoms with van der Waals surface area (Å²) < 4.78 is 7.08. The predicted molar refractivity (Wildman–Crippen MR) is 70.0 cm³/mol. The maximum absolute atomic E-state index is 6.42. The van der Waals surface area contributed by atoms with E-state index >= 15 is 0 Å². The Kier molecular flexibility index (Phi) is 2.89. The first-order valence-electron chi connectivity index (χ1n) is 6.70. The molecule has 1 saturated carbocycles. The first-order valence-corrected chi connectivity index (χ1v) is 6.70. The SMILES string of the molecule is CC1CCC(N)(c2nc(-c3ccn(C)n3)no2)CC1. The molecule has 0 bridgehead atoms. The lowest BCUT2D eigenvalue weighted by atomic mass is 9.78. The Morgan fingerprint density at radius 2 is 2.16 bits per heavy atom. The van der Waals surface area contributed by atoms with Crippen LogP contribution in [0.15, 0.2) is 16.8 Å². The molecule has 102 valence electrons. The van der Waals surface area contributed by atoms with Gasteiger partial charge >= 0.3 is 0 Å². The molecule has 1 fully saturated rings. The molecule has 2 N–H and O–H groups in total. The summed E-state index contributed by atoms with van der Waals surface area (Å²) in [7, 11) is 1.86. The van der Waals surface area contributed by atoms with Crippen LogP contribution in [0, 0.1) is 5.92 Å². The van der Waals surface area contributed by atoms with Gasteiger partial charge in [0.1, 0.15) is 5.69 Å². The molecular formula is C13H19N5O. The zero-order valence-electron chi connectivity index (χ0n) is 11.3. The minimum Gasteiger partial charge on any atom is -0.337 e. The highest BCUT2D eigenvalue weighted by molar-refractivity contribution is 5.46. The molecule has 19 heavy (non-hydrogen) atoms. The van der Waals surface area contributed by atoms with E-state index in [1.165, 1.54) is 0 Å². The fourth-order valence-corrected chi connectivity index (χ4v) is 2.56. The molecule has 3 rings (SSSR count). The average molecular weight is 261 g/mol. The minimum atomic E-state index is -0.466. The van der Waals surface area contributed by atoms with Crippen molar-refractivity contribution in [2.75, 3.05) is 0 Å². The van der Waals surface area contributed by atoms with Crippen molar-refractivity contribution < 1.29 is 4.52 Å². The molecule has 0 aromatic carbocycles. The first kappa shape index (κ1) is 12.3. The summed E-state index contributed by atoms with van der Waals surface area (Å²) in [4.78, 5) is 4.44. The Labute approximate surface area is 112 Å². The van der Waals surface area contributed by atoms with Gasteiger partial charge in [-0.1, -0.05) is 12.1 Å². The highest BCUT2D eigenvalue weighted by atomic mass is 16.5. The predicted octanol–water partition coefficient (Wildman–Crippen LogP) is 1.83. The van der Waals surface area contributed by atoms with Crippen molar-refractivity contribution in [3.05, 3.63) is 18.2 Å². The lowest BCUT2D eigenvalue weighted by molar-refractivity contribution is 0.190. The van der Waals surface area contributed by atoms with Crippen molar-refractivity contribution in [1.29, 1.82) is 0 Å². The van der Waals surface area contributed by atoms with Gasteiger partial charge in [0.2, 0.25) is 11.7 Å². The molecule has 0 saturated heterocycles. The van der Waals surface area contributed by atoms with Crippen LogP contribution in [0.1, 0.15) is 38.5 Å². The Hall–Kier alpha value is -1.69. The normalized spacial score (nSPS) is 27.6. The highest BCUT2D eigenvalue weighted by Gasteiger charge is 2.37. The van der Waals surface area contributed by atoms with Crippen LogP contribution in [0.3, 0.4) is 0 Å². The standard InChI is InChI=1S/C13H19N5O/c1-9-3-6-13(14,7-4-9)12-15-11(17-19-12)10-5-8-18(2)16-10/h5,8-9H,3-4,6-7,14H2,1-2H3. The Morgan fingerprint density at radius 3 is 2.79 bits per heavy atom. The zero-order chi connectivity index (χ0) is 13.5. The largest absolute Gasteiger partial charge is 0.337 e. The molecule has 6 heteroatoms. The lowest BCUT2D eigenvalue weighted by Crippen LogP contribution is -2.40. The molecule has 0 aliphatic heterocycles. The summed E-state index contributed by atoms with van der Waals surface area (Å²) in [5.74, 6) is 1.79. The number of hydrogen-bond donors (Lipinski definition) is 1. The van der Waals surface area contributed by atoms with E-state index in [9.17, 15) is 0 Å². The van der Waals surface area contributed by atoms with E-state index in [0.717, 1.165) is 31.6 Å². The molecule has 0 spiro atoms. The summed E-state index contributed by atoms with van der Waals surface area (Å²) in [5.41, 5.74) is 6.66. The lowest BCUT2D eigenvalue weighted by Gasteiger charge is -2.32. The van der Waals surface area contributed by atoms with Gasteiger partial charge in [-0.25, -0.2) is 0 Å². The van der Waals surface area contributed by atoms with Crippen molar-refractivity contribution in [3.8, 4) is 11.5 Å². The van der Waals surface area contributed by atoms with Crippen molar-refractivity contribution in [1.82, 2.24) is 19.9 Å². The fourth-order valence-electron chi connectivity index (χ4n) is 2.56. The third-order valence-electron chi connectivity index (χ3n) is 3.96. The van der Waals surface area contributed by atoms with Gasteiger partial charge in [-0.15, -0.1) is 0 Å². The van der Waals surface area contributed by atoms with Crippen LogP contribution in [-0.4, -0.2) is 19.9 Å². The number of aromatic nitrogens is 4. The van der Waals surface area contributed by atoms with Gasteiger partial charge in [0.15, 0.2) is 0 Å². The van der Waals surface area contributed by atoms with Crippen LogP contribution in [0.5, 0.6) is 0 Å². The van der Waals surface area contributed by atoms with Crippen LogP contribution < -0.4 is 5.73 Å². The van der Waals surface area contributed by atoms with E-state index in [-0.39, 0.29) is 0 Å². The second-order valence-electron chi connectivity index (χ2n) is 5.64. The van der Waals surface area contributed by atoms with Crippen LogP contribution >= 0.6 is 0 Å². The van der Waals surface area contributed by atoms with Crippen molar-refractivity contribution in [2.24, 2.45) is 18.7 Å². The number of hydrogen-bond acceptors (Lipinski definition) is 5. The topological polar surface area (TPSA) is 82.8 Å². The molecule has 0 radical (unpaired) electrons. The molecule has 2 aromatic heterocycles. The van der Waals surface area contributed by atoms with Crippen LogP contribution in [0.4, 0.5) is 0 Å². The molecule has 0 unspecified atom stereocenters.